The van der Waals surface area contributed by atoms with Crippen molar-refractivity contribution in [1.29, 1.82) is 0 Å². The summed E-state index contributed by atoms with van der Waals surface area (Å²) in [4.78, 5) is 34.5. The third kappa shape index (κ3) is 51.6. The standard InChI is InChI=1S/C14H28O2.2K.H3O4P/c1-2-3-4-5-6-7-8-9-10-11-12-13-14(15)16;;;1-5(2,3)4/h2-13H2,1H3,(H,15,16);;;(H3,1,2,3,4)/q;2*+1;/p-2. The first-order chi connectivity index (χ1) is 9.77. The third-order valence-electron chi connectivity index (χ3n) is 2.99. The Balaban J connectivity index is -0.000000225. The summed E-state index contributed by atoms with van der Waals surface area (Å²) in [5.41, 5.74) is 0. The van der Waals surface area contributed by atoms with Crippen LogP contribution in [-0.4, -0.2) is 16.0 Å². The maximum Gasteiger partial charge on any atom is 1.00 e. The molecule has 0 spiro atoms. The van der Waals surface area contributed by atoms with E-state index in [0.29, 0.717) is 6.42 Å². The van der Waals surface area contributed by atoms with Crippen LogP contribution in [0.5, 0.6) is 0 Å². The monoisotopic (exact) mass is 402 g/mol. The van der Waals surface area contributed by atoms with Gasteiger partial charge in [-0.25, -0.2) is 0 Å². The summed E-state index contributed by atoms with van der Waals surface area (Å²) in [6.45, 7) is 2.25. The van der Waals surface area contributed by atoms with Gasteiger partial charge in [0, 0.05) is 6.42 Å². The molecule has 0 unspecified atom stereocenters. The molecule has 0 heterocycles. The van der Waals surface area contributed by atoms with Gasteiger partial charge in [0.15, 0.2) is 0 Å². The molecular formula is C14H29K2O6P. The number of aliphatic carboxylic acids is 1. The molecule has 0 atom stereocenters. The van der Waals surface area contributed by atoms with Crippen molar-refractivity contribution in [2.24, 2.45) is 0 Å². The van der Waals surface area contributed by atoms with Crippen LogP contribution in [0.4, 0.5) is 0 Å². The van der Waals surface area contributed by atoms with Crippen LogP contribution in [0.3, 0.4) is 0 Å². The van der Waals surface area contributed by atoms with Crippen LogP contribution < -0.4 is 113 Å². The second-order valence-corrected chi connectivity index (χ2v) is 6.08. The van der Waals surface area contributed by atoms with Gasteiger partial charge < -0.3 is 24.4 Å². The molecular weight excluding hydrogens is 373 g/mol. The zero-order valence-corrected chi connectivity index (χ0v) is 22.1. The molecule has 6 nitrogen and oxygen atoms in total. The number of hydrogen-bond acceptors (Lipinski definition) is 4. The Kier molecular flexibility index (Phi) is 36.1. The van der Waals surface area contributed by atoms with E-state index in [1.165, 1.54) is 57.8 Å². The van der Waals surface area contributed by atoms with Gasteiger partial charge in [-0.15, -0.1) is 0 Å². The first kappa shape index (κ1) is 33.4. The number of hydrogen-bond donors (Lipinski definition) is 2. The van der Waals surface area contributed by atoms with Crippen molar-refractivity contribution in [3.05, 3.63) is 0 Å². The van der Waals surface area contributed by atoms with Crippen molar-refractivity contribution in [1.82, 2.24) is 0 Å². The van der Waals surface area contributed by atoms with Crippen molar-refractivity contribution in [2.45, 2.75) is 84.0 Å². The Hall–Kier alpha value is 2.85. The van der Waals surface area contributed by atoms with Crippen LogP contribution >= 0.6 is 7.82 Å². The minimum absolute atomic E-state index is 0. The first-order valence-electron chi connectivity index (χ1n) is 7.74. The smallest absolute Gasteiger partial charge is 0.790 e. The van der Waals surface area contributed by atoms with E-state index in [4.69, 9.17) is 24.4 Å². The fraction of sp³-hybridized carbons (Fsp3) is 0.929. The fourth-order valence-corrected chi connectivity index (χ4v) is 1.94. The van der Waals surface area contributed by atoms with Gasteiger partial charge in [0.1, 0.15) is 0 Å². The van der Waals surface area contributed by atoms with Crippen molar-refractivity contribution in [2.75, 3.05) is 0 Å². The van der Waals surface area contributed by atoms with E-state index in [0.717, 1.165) is 12.8 Å². The second-order valence-electron chi connectivity index (χ2n) is 5.15. The predicted molar refractivity (Wildman–Crippen MR) is 78.5 cm³/mol. The molecule has 0 aromatic rings. The third-order valence-corrected chi connectivity index (χ3v) is 2.99. The molecule has 0 aromatic heterocycles. The molecule has 0 radical (unpaired) electrons. The van der Waals surface area contributed by atoms with Gasteiger partial charge in [-0.05, 0) is 6.42 Å². The Morgan fingerprint density at radius 2 is 1.09 bits per heavy atom. The molecule has 0 saturated heterocycles. The summed E-state index contributed by atoms with van der Waals surface area (Å²) < 4.78 is 8.66. The van der Waals surface area contributed by atoms with Gasteiger partial charge in [-0.1, -0.05) is 71.1 Å². The summed E-state index contributed by atoms with van der Waals surface area (Å²) >= 11 is 0. The van der Waals surface area contributed by atoms with Crippen LogP contribution in [0.25, 0.3) is 0 Å². The molecule has 9 heteroatoms. The Labute approximate surface area is 225 Å². The molecule has 23 heavy (non-hydrogen) atoms. The van der Waals surface area contributed by atoms with Crippen LogP contribution in [0.15, 0.2) is 0 Å². The zero-order valence-electron chi connectivity index (χ0n) is 15.0. The summed E-state index contributed by atoms with van der Waals surface area (Å²) in [6, 6.07) is 0. The SMILES string of the molecule is CCCCCCCCCCCCCC(=O)O.O=P([O-])([O-])O.[K+].[K+]. The number of phosphoric acid groups is 1. The van der Waals surface area contributed by atoms with Crippen molar-refractivity contribution in [3.63, 3.8) is 0 Å². The molecule has 0 amide bonds. The number of carbonyl (C=O) groups is 1. The summed E-state index contributed by atoms with van der Waals surface area (Å²) in [6.07, 6.45) is 14.4. The molecule has 0 bridgehead atoms. The number of unbranched alkanes of at least 4 members (excludes halogenated alkanes) is 10. The predicted octanol–water partition coefficient (Wildman–Crippen LogP) is -3.41. The van der Waals surface area contributed by atoms with Crippen LogP contribution in [0, 0.1) is 0 Å². The van der Waals surface area contributed by atoms with Crippen LogP contribution in [-0.2, 0) is 9.36 Å². The molecule has 0 aliphatic heterocycles. The van der Waals surface area contributed by atoms with Gasteiger partial charge in [-0.2, -0.15) is 0 Å². The van der Waals surface area contributed by atoms with E-state index in [9.17, 15) is 4.79 Å². The van der Waals surface area contributed by atoms with E-state index in [-0.39, 0.29) is 103 Å². The van der Waals surface area contributed by atoms with Crippen molar-refractivity contribution >= 4 is 13.8 Å². The second kappa shape index (κ2) is 24.9. The van der Waals surface area contributed by atoms with E-state index < -0.39 is 13.8 Å². The molecule has 0 saturated carbocycles. The van der Waals surface area contributed by atoms with E-state index in [2.05, 4.69) is 6.92 Å². The van der Waals surface area contributed by atoms with Crippen LogP contribution in [0.2, 0.25) is 0 Å². The largest absolute Gasteiger partial charge is 1.00 e. The average Bonchev–Trinajstić information content (AvgIpc) is 2.33. The first-order valence-corrected chi connectivity index (χ1v) is 9.23. The van der Waals surface area contributed by atoms with Crippen molar-refractivity contribution < 1.29 is 132 Å². The fourth-order valence-electron chi connectivity index (χ4n) is 1.94. The maximum atomic E-state index is 10.3. The quantitative estimate of drug-likeness (QED) is 0.199. The van der Waals surface area contributed by atoms with Gasteiger partial charge in [0.2, 0.25) is 0 Å². The van der Waals surface area contributed by atoms with Crippen LogP contribution in [0.1, 0.15) is 84.0 Å². The minimum atomic E-state index is -5.14. The van der Waals surface area contributed by atoms with E-state index in [1.54, 1.807) is 0 Å². The average molecular weight is 403 g/mol. The Morgan fingerprint density at radius 3 is 1.35 bits per heavy atom. The Bertz CT molecular complexity index is 278. The summed E-state index contributed by atoms with van der Waals surface area (Å²) in [5, 5.41) is 8.46. The molecule has 0 aromatic carbocycles. The van der Waals surface area contributed by atoms with Gasteiger partial charge in [-0.3, -0.25) is 4.79 Å². The zero-order chi connectivity index (χ0) is 16.6. The van der Waals surface area contributed by atoms with E-state index >= 15 is 0 Å². The molecule has 0 fully saturated rings. The van der Waals surface area contributed by atoms with Gasteiger partial charge >= 0.3 is 109 Å². The topological polar surface area (TPSA) is 121 Å². The van der Waals surface area contributed by atoms with E-state index in [1.807, 2.05) is 0 Å². The number of rotatable bonds is 12. The number of carboxylic acid groups (broad SMARTS) is 1. The van der Waals surface area contributed by atoms with Gasteiger partial charge in [0.25, 0.3) is 0 Å². The normalized spacial score (nSPS) is 9.91. The molecule has 0 rings (SSSR count). The maximum absolute atomic E-state index is 10.3. The molecule has 0 aliphatic carbocycles. The minimum Gasteiger partial charge on any atom is -0.790 e. The summed E-state index contributed by atoms with van der Waals surface area (Å²) in [5.74, 6) is -0.657. The molecule has 2 N–H and O–H groups in total. The van der Waals surface area contributed by atoms with Gasteiger partial charge in [0.05, 0.1) is 7.82 Å². The molecule has 0 aliphatic rings. The van der Waals surface area contributed by atoms with Crippen molar-refractivity contribution in [3.8, 4) is 0 Å². The Morgan fingerprint density at radius 1 is 0.826 bits per heavy atom. The summed E-state index contributed by atoms with van der Waals surface area (Å²) in [7, 11) is -5.14. The number of carboxylic acids is 1. The molecule has 128 valence electrons.